The molecule has 0 spiro atoms. The Morgan fingerprint density at radius 2 is 1.72 bits per heavy atom. The second kappa shape index (κ2) is 10.9. The van der Waals surface area contributed by atoms with Gasteiger partial charge in [-0.3, -0.25) is 4.79 Å². The number of carbonyl (C=O) groups excluding carboxylic acids is 1. The molecule has 0 saturated heterocycles. The van der Waals surface area contributed by atoms with Gasteiger partial charge in [0.05, 0.1) is 7.11 Å². The number of carbonyl (C=O) groups is 1. The quantitative estimate of drug-likeness (QED) is 0.294. The van der Waals surface area contributed by atoms with Gasteiger partial charge in [-0.2, -0.15) is 5.26 Å². The van der Waals surface area contributed by atoms with E-state index in [1.54, 1.807) is 60.7 Å². The topological polar surface area (TPSA) is 71.3 Å². The van der Waals surface area contributed by atoms with Crippen LogP contribution in [0.2, 0.25) is 15.1 Å². The highest BCUT2D eigenvalue weighted by Gasteiger charge is 2.12. The predicted octanol–water partition coefficient (Wildman–Crippen LogP) is 6.78. The molecule has 0 aliphatic heterocycles. The van der Waals surface area contributed by atoms with E-state index in [0.717, 1.165) is 5.56 Å². The minimum absolute atomic E-state index is 0.0942. The van der Waals surface area contributed by atoms with Crippen LogP contribution in [0.4, 0.5) is 5.69 Å². The number of methoxy groups -OCH3 is 1. The fourth-order valence-electron chi connectivity index (χ4n) is 2.75. The Hall–Kier alpha value is -3.17. The van der Waals surface area contributed by atoms with Crippen LogP contribution in [-0.2, 0) is 11.4 Å². The summed E-state index contributed by atoms with van der Waals surface area (Å²) < 4.78 is 11.0. The third kappa shape index (κ3) is 6.18. The molecule has 32 heavy (non-hydrogen) atoms. The van der Waals surface area contributed by atoms with Gasteiger partial charge in [-0.15, -0.1) is 0 Å². The zero-order valence-electron chi connectivity index (χ0n) is 16.9. The van der Waals surface area contributed by atoms with Crippen LogP contribution >= 0.6 is 34.8 Å². The van der Waals surface area contributed by atoms with Crippen molar-refractivity contribution in [1.82, 2.24) is 0 Å². The number of amides is 1. The summed E-state index contributed by atoms with van der Waals surface area (Å²) in [5.74, 6) is 0.530. The number of halogens is 3. The van der Waals surface area contributed by atoms with E-state index in [-0.39, 0.29) is 12.2 Å². The van der Waals surface area contributed by atoms with Crippen molar-refractivity contribution in [3.8, 4) is 17.6 Å². The molecule has 0 radical (unpaired) electrons. The average Bonchev–Trinajstić information content (AvgIpc) is 2.78. The van der Waals surface area contributed by atoms with Gasteiger partial charge < -0.3 is 14.8 Å². The molecule has 0 atom stereocenters. The second-order valence-corrected chi connectivity index (χ2v) is 7.84. The van der Waals surface area contributed by atoms with Crippen LogP contribution in [-0.4, -0.2) is 13.0 Å². The number of rotatable bonds is 7. The Morgan fingerprint density at radius 3 is 2.38 bits per heavy atom. The summed E-state index contributed by atoms with van der Waals surface area (Å²) in [5, 5.41) is 13.7. The Kier molecular flexibility index (Phi) is 8.02. The zero-order valence-corrected chi connectivity index (χ0v) is 19.1. The predicted molar refractivity (Wildman–Crippen MR) is 127 cm³/mol. The van der Waals surface area contributed by atoms with Crippen molar-refractivity contribution in [2.45, 2.75) is 6.61 Å². The Labute approximate surface area is 200 Å². The lowest BCUT2D eigenvalue weighted by Crippen LogP contribution is -2.13. The summed E-state index contributed by atoms with van der Waals surface area (Å²) in [4.78, 5) is 12.6. The molecule has 0 heterocycles. The van der Waals surface area contributed by atoms with E-state index in [9.17, 15) is 10.1 Å². The average molecular weight is 488 g/mol. The van der Waals surface area contributed by atoms with E-state index in [1.165, 1.54) is 13.2 Å². The van der Waals surface area contributed by atoms with E-state index in [1.807, 2.05) is 6.07 Å². The summed E-state index contributed by atoms with van der Waals surface area (Å²) in [6.45, 7) is 0.268. The van der Waals surface area contributed by atoms with Gasteiger partial charge >= 0.3 is 0 Å². The number of nitrogens with zero attached hydrogens (tertiary/aromatic N) is 1. The number of hydrogen-bond acceptors (Lipinski definition) is 4. The van der Waals surface area contributed by atoms with Crippen molar-refractivity contribution < 1.29 is 14.3 Å². The molecular formula is C24H17Cl3N2O3. The lowest BCUT2D eigenvalue weighted by molar-refractivity contribution is -0.112. The molecule has 0 unspecified atom stereocenters. The number of nitriles is 1. The first-order valence-electron chi connectivity index (χ1n) is 9.33. The van der Waals surface area contributed by atoms with E-state index in [0.29, 0.717) is 37.8 Å². The lowest BCUT2D eigenvalue weighted by Gasteiger charge is -2.10. The van der Waals surface area contributed by atoms with Gasteiger partial charge in [0, 0.05) is 31.9 Å². The zero-order chi connectivity index (χ0) is 23.1. The molecule has 1 N–H and O–H groups in total. The third-order valence-corrected chi connectivity index (χ3v) is 5.20. The second-order valence-electron chi connectivity index (χ2n) is 6.56. The molecule has 3 aromatic rings. The number of ether oxygens (including phenoxy) is 2. The summed E-state index contributed by atoms with van der Waals surface area (Å²) >= 11 is 18.1. The molecule has 0 aliphatic rings. The van der Waals surface area contributed by atoms with Crippen molar-refractivity contribution >= 4 is 52.5 Å². The van der Waals surface area contributed by atoms with Gasteiger partial charge in [-0.1, -0.05) is 40.9 Å². The van der Waals surface area contributed by atoms with E-state index in [2.05, 4.69) is 5.32 Å². The van der Waals surface area contributed by atoms with Crippen LogP contribution in [0.1, 0.15) is 11.1 Å². The Morgan fingerprint density at radius 1 is 1.03 bits per heavy atom. The maximum Gasteiger partial charge on any atom is 0.266 e. The van der Waals surface area contributed by atoms with E-state index >= 15 is 0 Å². The first-order chi connectivity index (χ1) is 15.4. The Balaban J connectivity index is 1.67. The van der Waals surface area contributed by atoms with E-state index < -0.39 is 5.91 Å². The van der Waals surface area contributed by atoms with Crippen molar-refractivity contribution in [2.75, 3.05) is 12.4 Å². The first kappa shape index (κ1) is 23.5. The highest BCUT2D eigenvalue weighted by molar-refractivity contribution is 6.35. The smallest absolute Gasteiger partial charge is 0.266 e. The van der Waals surface area contributed by atoms with Crippen LogP contribution < -0.4 is 14.8 Å². The summed E-state index contributed by atoms with van der Waals surface area (Å²) in [5.41, 5.74) is 1.74. The monoisotopic (exact) mass is 486 g/mol. The van der Waals surface area contributed by atoms with Crippen molar-refractivity contribution in [3.63, 3.8) is 0 Å². The van der Waals surface area contributed by atoms with Crippen LogP contribution in [0.3, 0.4) is 0 Å². The Bertz CT molecular complexity index is 1200. The summed E-state index contributed by atoms with van der Waals surface area (Å²) in [6.07, 6.45) is 1.42. The number of anilines is 1. The number of benzene rings is 3. The molecule has 0 aromatic heterocycles. The largest absolute Gasteiger partial charge is 0.496 e. The fourth-order valence-corrected chi connectivity index (χ4v) is 3.40. The molecule has 1 amide bonds. The molecule has 162 valence electrons. The summed E-state index contributed by atoms with van der Waals surface area (Å²) in [6, 6.07) is 18.8. The maximum absolute atomic E-state index is 12.6. The van der Waals surface area contributed by atoms with Gasteiger partial charge in [0.25, 0.3) is 5.91 Å². The lowest BCUT2D eigenvalue weighted by atomic mass is 10.1. The normalized spacial score (nSPS) is 10.9. The highest BCUT2D eigenvalue weighted by atomic mass is 35.5. The van der Waals surface area contributed by atoms with Gasteiger partial charge in [-0.25, -0.2) is 0 Å². The van der Waals surface area contributed by atoms with Crippen molar-refractivity contribution in [3.05, 3.63) is 92.4 Å². The molecule has 8 heteroatoms. The third-order valence-electron chi connectivity index (χ3n) is 4.38. The highest BCUT2D eigenvalue weighted by Crippen LogP contribution is 2.26. The van der Waals surface area contributed by atoms with Crippen molar-refractivity contribution in [2.24, 2.45) is 0 Å². The summed E-state index contributed by atoms with van der Waals surface area (Å²) in [7, 11) is 1.50. The molecule has 0 fully saturated rings. The maximum atomic E-state index is 12.6. The van der Waals surface area contributed by atoms with Crippen LogP contribution in [0.25, 0.3) is 6.08 Å². The molecule has 0 aliphatic carbocycles. The molecule has 3 aromatic carbocycles. The minimum atomic E-state index is -0.559. The van der Waals surface area contributed by atoms with Crippen LogP contribution in [0, 0.1) is 11.3 Å². The first-order valence-corrected chi connectivity index (χ1v) is 10.5. The molecule has 0 bridgehead atoms. The van der Waals surface area contributed by atoms with E-state index in [4.69, 9.17) is 44.3 Å². The van der Waals surface area contributed by atoms with Crippen molar-refractivity contribution in [1.29, 1.82) is 5.26 Å². The van der Waals surface area contributed by atoms with Gasteiger partial charge in [0.1, 0.15) is 29.7 Å². The molecule has 5 nitrogen and oxygen atoms in total. The van der Waals surface area contributed by atoms with Gasteiger partial charge in [0.2, 0.25) is 0 Å². The standard InChI is InChI=1S/C24H17Cl3N2O3/c1-31-23-9-4-18(25)11-16(23)10-17(13-28)24(30)29-20-5-7-21(8-6-20)32-14-15-2-3-19(26)12-22(15)27/h2-12H,14H2,1H3,(H,29,30)/b17-10+. The van der Waals surface area contributed by atoms with Gasteiger partial charge in [0.15, 0.2) is 0 Å². The van der Waals surface area contributed by atoms with Gasteiger partial charge in [-0.05, 0) is 60.7 Å². The number of nitrogens with one attached hydrogen (secondary N) is 1. The molecule has 3 rings (SSSR count). The minimum Gasteiger partial charge on any atom is -0.496 e. The SMILES string of the molecule is COc1ccc(Cl)cc1/C=C(\C#N)C(=O)Nc1ccc(OCc2ccc(Cl)cc2Cl)cc1. The molecule has 0 saturated carbocycles. The number of hydrogen-bond donors (Lipinski definition) is 1. The fraction of sp³-hybridized carbons (Fsp3) is 0.0833. The molecular weight excluding hydrogens is 471 g/mol. The van der Waals surface area contributed by atoms with Crippen LogP contribution in [0.5, 0.6) is 11.5 Å². The van der Waals surface area contributed by atoms with Crippen LogP contribution in [0.15, 0.2) is 66.2 Å².